The van der Waals surface area contributed by atoms with Gasteiger partial charge in [0.2, 0.25) is 15.9 Å². The minimum absolute atomic E-state index is 0.0585. The molecule has 0 unspecified atom stereocenters. The number of hydrogen-bond donors (Lipinski definition) is 1. The minimum atomic E-state index is -3.57. The number of ether oxygens (including phenoxy) is 1. The van der Waals surface area contributed by atoms with Crippen molar-refractivity contribution in [1.29, 1.82) is 0 Å². The van der Waals surface area contributed by atoms with Gasteiger partial charge in [-0.25, -0.2) is 13.1 Å². The third-order valence-electron chi connectivity index (χ3n) is 3.12. The molecule has 1 aromatic carbocycles. The number of halogens is 1. The number of sulfonamides is 1. The van der Waals surface area contributed by atoms with Crippen molar-refractivity contribution < 1.29 is 17.9 Å². The van der Waals surface area contributed by atoms with Gasteiger partial charge < -0.3 is 9.64 Å². The van der Waals surface area contributed by atoms with Crippen LogP contribution in [0, 0.1) is 0 Å². The SMILES string of the molecule is O=C(CCNS(=O)(=O)c1ccc(Br)cc1)N1CCOCC1. The third-order valence-corrected chi connectivity index (χ3v) is 5.12. The van der Waals surface area contributed by atoms with E-state index < -0.39 is 10.0 Å². The highest BCUT2D eigenvalue weighted by Gasteiger charge is 2.18. The van der Waals surface area contributed by atoms with Gasteiger partial charge in [-0.2, -0.15) is 0 Å². The lowest BCUT2D eigenvalue weighted by Crippen LogP contribution is -2.42. The van der Waals surface area contributed by atoms with E-state index in [0.29, 0.717) is 26.3 Å². The second kappa shape index (κ2) is 7.35. The zero-order valence-electron chi connectivity index (χ0n) is 11.4. The molecule has 0 atom stereocenters. The summed E-state index contributed by atoms with van der Waals surface area (Å²) in [6, 6.07) is 6.34. The number of amides is 1. The zero-order chi connectivity index (χ0) is 15.3. The molecule has 0 saturated carbocycles. The summed E-state index contributed by atoms with van der Waals surface area (Å²) in [5.74, 6) is -0.0585. The summed E-state index contributed by atoms with van der Waals surface area (Å²) in [7, 11) is -3.57. The van der Waals surface area contributed by atoms with Crippen molar-refractivity contribution in [3.63, 3.8) is 0 Å². The van der Waals surface area contributed by atoms with Gasteiger partial charge in [-0.15, -0.1) is 0 Å². The molecule has 1 aromatic rings. The Morgan fingerprint density at radius 2 is 1.86 bits per heavy atom. The van der Waals surface area contributed by atoms with Crippen LogP contribution in [-0.2, 0) is 19.6 Å². The molecular weight excluding hydrogens is 360 g/mol. The first-order valence-electron chi connectivity index (χ1n) is 6.60. The first-order valence-corrected chi connectivity index (χ1v) is 8.87. The average Bonchev–Trinajstić information content (AvgIpc) is 2.48. The third kappa shape index (κ3) is 4.77. The molecule has 1 aliphatic rings. The number of benzene rings is 1. The van der Waals surface area contributed by atoms with E-state index in [1.807, 2.05) is 0 Å². The largest absolute Gasteiger partial charge is 0.378 e. The number of nitrogens with zero attached hydrogens (tertiary/aromatic N) is 1. The summed E-state index contributed by atoms with van der Waals surface area (Å²) in [5, 5.41) is 0. The topological polar surface area (TPSA) is 75.7 Å². The molecule has 1 fully saturated rings. The van der Waals surface area contributed by atoms with E-state index in [0.717, 1.165) is 4.47 Å². The maximum atomic E-state index is 12.0. The van der Waals surface area contributed by atoms with Crippen LogP contribution in [-0.4, -0.2) is 52.1 Å². The molecule has 8 heteroatoms. The van der Waals surface area contributed by atoms with Gasteiger partial charge in [0.15, 0.2) is 0 Å². The molecule has 0 radical (unpaired) electrons. The quantitative estimate of drug-likeness (QED) is 0.830. The van der Waals surface area contributed by atoms with Gasteiger partial charge in [-0.3, -0.25) is 4.79 Å². The molecule has 1 heterocycles. The highest BCUT2D eigenvalue weighted by Crippen LogP contribution is 2.14. The van der Waals surface area contributed by atoms with Gasteiger partial charge in [0.25, 0.3) is 0 Å². The second-order valence-electron chi connectivity index (χ2n) is 4.59. The lowest BCUT2D eigenvalue weighted by molar-refractivity contribution is -0.135. The Morgan fingerprint density at radius 1 is 1.24 bits per heavy atom. The predicted molar refractivity (Wildman–Crippen MR) is 81.3 cm³/mol. The van der Waals surface area contributed by atoms with E-state index in [2.05, 4.69) is 20.7 Å². The molecule has 0 spiro atoms. The predicted octanol–water partition coefficient (Wildman–Crippen LogP) is 0.976. The molecule has 6 nitrogen and oxygen atoms in total. The Balaban J connectivity index is 1.84. The Kier molecular flexibility index (Phi) is 5.74. The number of carbonyl (C=O) groups excluding carboxylic acids is 1. The maximum Gasteiger partial charge on any atom is 0.240 e. The van der Waals surface area contributed by atoms with E-state index in [9.17, 15) is 13.2 Å². The van der Waals surface area contributed by atoms with Crippen LogP contribution in [0.25, 0.3) is 0 Å². The molecule has 1 saturated heterocycles. The number of carbonyl (C=O) groups is 1. The Bertz CT molecular complexity index is 583. The summed E-state index contributed by atoms with van der Waals surface area (Å²) in [6.45, 7) is 2.30. The molecule has 1 aliphatic heterocycles. The highest BCUT2D eigenvalue weighted by atomic mass is 79.9. The number of morpholine rings is 1. The van der Waals surface area contributed by atoms with Crippen molar-refractivity contribution in [2.24, 2.45) is 0 Å². The molecular formula is C13H17BrN2O4S. The fourth-order valence-electron chi connectivity index (χ4n) is 1.96. The second-order valence-corrected chi connectivity index (χ2v) is 7.28. The molecule has 21 heavy (non-hydrogen) atoms. The molecule has 0 bridgehead atoms. The van der Waals surface area contributed by atoms with Gasteiger partial charge in [-0.1, -0.05) is 15.9 Å². The number of nitrogens with one attached hydrogen (secondary N) is 1. The van der Waals surface area contributed by atoms with E-state index in [4.69, 9.17) is 4.74 Å². The van der Waals surface area contributed by atoms with Gasteiger partial charge in [0.05, 0.1) is 18.1 Å². The van der Waals surface area contributed by atoms with Gasteiger partial charge in [0, 0.05) is 30.5 Å². The van der Waals surface area contributed by atoms with Crippen molar-refractivity contribution in [1.82, 2.24) is 9.62 Å². The number of rotatable bonds is 5. The monoisotopic (exact) mass is 376 g/mol. The zero-order valence-corrected chi connectivity index (χ0v) is 13.8. The van der Waals surface area contributed by atoms with Crippen LogP contribution >= 0.6 is 15.9 Å². The fraction of sp³-hybridized carbons (Fsp3) is 0.462. The van der Waals surface area contributed by atoms with Crippen molar-refractivity contribution in [2.45, 2.75) is 11.3 Å². The molecule has 1 N–H and O–H groups in total. The first-order chi connectivity index (χ1) is 9.99. The summed E-state index contributed by atoms with van der Waals surface area (Å²) in [5.41, 5.74) is 0. The van der Waals surface area contributed by atoms with E-state index in [-0.39, 0.29) is 23.8 Å². The smallest absolute Gasteiger partial charge is 0.240 e. The van der Waals surface area contributed by atoms with E-state index >= 15 is 0 Å². The van der Waals surface area contributed by atoms with Gasteiger partial charge >= 0.3 is 0 Å². The molecule has 0 aliphatic carbocycles. The standard InChI is InChI=1S/C13H17BrN2O4S/c14-11-1-3-12(4-2-11)21(18,19)15-6-5-13(17)16-7-9-20-10-8-16/h1-4,15H,5-10H2. The summed E-state index contributed by atoms with van der Waals surface area (Å²) in [4.78, 5) is 13.8. The van der Waals surface area contributed by atoms with Crippen molar-refractivity contribution in [3.05, 3.63) is 28.7 Å². The number of hydrogen-bond acceptors (Lipinski definition) is 4. The van der Waals surface area contributed by atoms with Gasteiger partial charge in [0.1, 0.15) is 0 Å². The van der Waals surface area contributed by atoms with Crippen molar-refractivity contribution in [3.8, 4) is 0 Å². The van der Waals surface area contributed by atoms with Crippen molar-refractivity contribution in [2.75, 3.05) is 32.8 Å². The van der Waals surface area contributed by atoms with Crippen molar-refractivity contribution >= 4 is 31.9 Å². The van der Waals surface area contributed by atoms with Gasteiger partial charge in [-0.05, 0) is 24.3 Å². The van der Waals surface area contributed by atoms with Crippen LogP contribution < -0.4 is 4.72 Å². The first kappa shape index (κ1) is 16.4. The van der Waals surface area contributed by atoms with Crippen LogP contribution in [0.1, 0.15) is 6.42 Å². The van der Waals surface area contributed by atoms with E-state index in [1.165, 1.54) is 12.1 Å². The van der Waals surface area contributed by atoms with Crippen LogP contribution in [0.4, 0.5) is 0 Å². The normalized spacial score (nSPS) is 16.0. The molecule has 116 valence electrons. The highest BCUT2D eigenvalue weighted by molar-refractivity contribution is 9.10. The van der Waals surface area contributed by atoms with E-state index in [1.54, 1.807) is 17.0 Å². The molecule has 2 rings (SSSR count). The summed E-state index contributed by atoms with van der Waals surface area (Å²) >= 11 is 3.25. The lowest BCUT2D eigenvalue weighted by atomic mass is 10.3. The average molecular weight is 377 g/mol. The maximum absolute atomic E-state index is 12.0. The fourth-order valence-corrected chi connectivity index (χ4v) is 3.26. The van der Waals surface area contributed by atoms with Crippen LogP contribution in [0.5, 0.6) is 0 Å². The Morgan fingerprint density at radius 3 is 2.48 bits per heavy atom. The van der Waals surface area contributed by atoms with Crippen LogP contribution in [0.2, 0.25) is 0 Å². The summed E-state index contributed by atoms with van der Waals surface area (Å²) < 4.78 is 32.5. The summed E-state index contributed by atoms with van der Waals surface area (Å²) in [6.07, 6.45) is 0.149. The van der Waals surface area contributed by atoms with Crippen LogP contribution in [0.15, 0.2) is 33.6 Å². The minimum Gasteiger partial charge on any atom is -0.378 e. The molecule has 0 aromatic heterocycles. The molecule has 1 amide bonds. The lowest BCUT2D eigenvalue weighted by Gasteiger charge is -2.26. The Hall–Kier alpha value is -0.960. The van der Waals surface area contributed by atoms with Crippen LogP contribution in [0.3, 0.4) is 0 Å². The Labute approximate surface area is 132 Å².